The fourth-order valence-corrected chi connectivity index (χ4v) is 6.98. The number of nitrogens with two attached hydrogens (primary N) is 1. The van der Waals surface area contributed by atoms with E-state index >= 15 is 0 Å². The van der Waals surface area contributed by atoms with E-state index < -0.39 is 93.8 Å². The van der Waals surface area contributed by atoms with Crippen LogP contribution in [0.15, 0.2) is 101 Å². The van der Waals surface area contributed by atoms with Crippen LogP contribution in [0.25, 0.3) is 6.08 Å². The van der Waals surface area contributed by atoms with Gasteiger partial charge in [0.25, 0.3) is 0 Å². The number of nitrogen functional groups attached to an aromatic ring is 1. The largest absolute Gasteiger partial charge is 1.00 e. The Labute approximate surface area is 377 Å². The molecule has 0 radical (unpaired) electrons. The maximum atomic E-state index is 13.4. The van der Waals surface area contributed by atoms with Gasteiger partial charge < -0.3 is 19.6 Å². The molecule has 4 rings (SSSR count). The van der Waals surface area contributed by atoms with E-state index in [1.54, 1.807) is 0 Å². The van der Waals surface area contributed by atoms with E-state index in [1.807, 2.05) is 0 Å². The number of carbonyl (C=O) groups excluding carboxylic acids is 1. The van der Waals surface area contributed by atoms with Crippen LogP contribution in [-0.2, 0) is 50.5 Å². The molecule has 0 aliphatic heterocycles. The van der Waals surface area contributed by atoms with Gasteiger partial charge in [0.1, 0.15) is 31.7 Å². The summed E-state index contributed by atoms with van der Waals surface area (Å²) in [6.45, 7) is 7.85. The van der Waals surface area contributed by atoms with Crippen molar-refractivity contribution in [3.05, 3.63) is 89.2 Å². The average molecular weight is 868 g/mol. The Hall–Kier alpha value is -2.24. The molecule has 3 N–H and O–H groups in total. The third kappa shape index (κ3) is 12.6. The number of benzene rings is 3. The second-order valence-corrected chi connectivity index (χ2v) is 16.5. The van der Waals surface area contributed by atoms with E-state index in [2.05, 4.69) is 40.0 Å². The number of nitrogens with zero attached hydrogens (tertiary/aromatic N) is 3. The molecule has 0 unspecified atom stereocenters. The zero-order valence-electron chi connectivity index (χ0n) is 28.4. The van der Waals surface area contributed by atoms with Gasteiger partial charge in [-0.2, -0.15) is 22.4 Å². The Bertz CT molecular complexity index is 2680. The summed E-state index contributed by atoms with van der Waals surface area (Å²) in [6, 6.07) is 6.95. The first-order valence-corrected chi connectivity index (χ1v) is 19.9. The second-order valence-electron chi connectivity index (χ2n) is 9.63. The van der Waals surface area contributed by atoms with Crippen LogP contribution in [0.1, 0.15) is 21.5 Å². The summed E-state index contributed by atoms with van der Waals surface area (Å²) in [5.74, 6) is -1.01. The van der Waals surface area contributed by atoms with Crippen LogP contribution in [0, 0.1) is 13.0 Å². The summed E-state index contributed by atoms with van der Waals surface area (Å²) in [5, 5.41) is 12.7. The number of azo groups is 1. The van der Waals surface area contributed by atoms with Crippen LogP contribution >= 0.6 is 0 Å². The molecule has 0 saturated carbocycles. The van der Waals surface area contributed by atoms with Crippen molar-refractivity contribution in [2.24, 2.45) is 15.3 Å². The van der Waals surface area contributed by atoms with E-state index in [0.717, 1.165) is 29.7 Å². The Kier molecular flexibility index (Phi) is 19.4. The molecule has 3 aromatic rings. The number of aryl methyl sites for hydroxylation is 1. The van der Waals surface area contributed by atoms with Crippen molar-refractivity contribution in [2.75, 3.05) is 11.2 Å². The number of hydrogen-bond donors (Lipinski definition) is 2. The average Bonchev–Trinajstić information content (AvgIpc) is 3.03. The molecular weight excluding hydrogens is 848 g/mol. The number of fused-ring (bicyclic) bond motifs is 1. The van der Waals surface area contributed by atoms with Crippen molar-refractivity contribution in [3.8, 4) is 0 Å². The van der Waals surface area contributed by atoms with E-state index in [0.29, 0.717) is 11.5 Å². The van der Waals surface area contributed by atoms with E-state index in [4.69, 9.17) is 18.4 Å². The van der Waals surface area contributed by atoms with Crippen molar-refractivity contribution in [3.63, 3.8) is 0 Å². The third-order valence-electron chi connectivity index (χ3n) is 6.44. The van der Waals surface area contributed by atoms with Crippen LogP contribution < -0.4 is 99.8 Å². The molecule has 0 saturated heterocycles. The van der Waals surface area contributed by atoms with Crippen molar-refractivity contribution in [1.29, 1.82) is 0 Å². The number of nitrogens with one attached hydrogen (secondary N) is 1. The summed E-state index contributed by atoms with van der Waals surface area (Å²) in [4.78, 5) is 10.8. The summed E-state index contributed by atoms with van der Waals surface area (Å²) >= 11 is 0. The molecule has 0 heterocycles. The molecular formula is C27H20N5Na3O14S5. The molecule has 0 aromatic heterocycles. The maximum Gasteiger partial charge on any atom is 1.00 e. The zero-order chi connectivity index (χ0) is 38.7. The molecule has 0 spiro atoms. The first kappa shape index (κ1) is 51.8. The predicted molar refractivity (Wildman–Crippen MR) is 176 cm³/mol. The fraction of sp³-hybridized carbons (Fsp3) is 0.0370. The van der Waals surface area contributed by atoms with Crippen LogP contribution in [0.4, 0.5) is 22.7 Å². The number of ketones is 1. The Morgan fingerprint density at radius 3 is 1.78 bits per heavy atom. The molecule has 19 nitrogen and oxygen atoms in total. The van der Waals surface area contributed by atoms with Crippen molar-refractivity contribution < 1.29 is 149 Å². The molecule has 1 aliphatic rings. The van der Waals surface area contributed by atoms with Gasteiger partial charge in [-0.15, -0.1) is 23.3 Å². The number of carbonyl (C=O) groups is 1. The monoisotopic (exact) mass is 867 g/mol. The van der Waals surface area contributed by atoms with E-state index in [-0.39, 0.29) is 116 Å². The number of hydrogen-bond acceptors (Lipinski definition) is 19. The molecule has 0 bridgehead atoms. The molecule has 0 atom stereocenters. The number of anilines is 2. The fourth-order valence-electron chi connectivity index (χ4n) is 4.07. The minimum absolute atomic E-state index is 0. The Morgan fingerprint density at radius 2 is 1.30 bits per heavy atom. The van der Waals surface area contributed by atoms with Gasteiger partial charge >= 0.3 is 99.3 Å². The van der Waals surface area contributed by atoms with Gasteiger partial charge in [-0.05, 0) is 48.9 Å². The van der Waals surface area contributed by atoms with Crippen LogP contribution in [-0.4, -0.2) is 66.9 Å². The van der Waals surface area contributed by atoms with Crippen LogP contribution in [0.2, 0.25) is 0 Å². The van der Waals surface area contributed by atoms with Gasteiger partial charge in [-0.1, -0.05) is 24.8 Å². The number of hydrazone groups is 1. The van der Waals surface area contributed by atoms with Gasteiger partial charge in [0.15, 0.2) is 19.7 Å². The van der Waals surface area contributed by atoms with Crippen molar-refractivity contribution >= 4 is 90.8 Å². The standard InChI is InChI=1S/C27H22N5O11S4.3Na.O3S/c1-4-44(34,35)17-7-10-19(15(3)12-17)29-32-26-23(47(41,42)43)13-16-6-9-21(27(33)24(16)25(26)28)31-30-20-11-8-18(45(36,37)5-2)14-22(20)46(38,39)40;;;;1-4(2)3/h4-8,10-14,30H,1-2,28H2,3H3,(H,38,39,40)(H,41,42,43);;;;/q-1;3*+1;/p-2. The van der Waals surface area contributed by atoms with Gasteiger partial charge in [-0.25, -0.2) is 33.7 Å². The van der Waals surface area contributed by atoms with Gasteiger partial charge in [0.05, 0.1) is 31.0 Å². The molecule has 54 heavy (non-hydrogen) atoms. The number of allylic oxidation sites excluding steroid dienone is 1. The van der Waals surface area contributed by atoms with E-state index in [1.165, 1.54) is 25.1 Å². The second kappa shape index (κ2) is 20.3. The first-order valence-electron chi connectivity index (χ1n) is 13.0. The minimum Gasteiger partial charge on any atom is -0.744 e. The van der Waals surface area contributed by atoms with Crippen molar-refractivity contribution in [2.45, 2.75) is 26.5 Å². The normalized spacial score (nSPS) is 13.2. The van der Waals surface area contributed by atoms with E-state index in [9.17, 15) is 47.6 Å². The molecule has 3 aromatic carbocycles. The van der Waals surface area contributed by atoms with Crippen LogP contribution in [0.3, 0.4) is 0 Å². The molecule has 1 aliphatic carbocycles. The summed E-state index contributed by atoms with van der Waals surface area (Å²) in [7, 11) is -21.6. The molecule has 0 fully saturated rings. The predicted octanol–water partition coefficient (Wildman–Crippen LogP) is -6.88. The van der Waals surface area contributed by atoms with Crippen LogP contribution in [0.5, 0.6) is 0 Å². The topological polar surface area (TPSA) is 326 Å². The van der Waals surface area contributed by atoms with Crippen molar-refractivity contribution in [1.82, 2.24) is 0 Å². The first-order chi connectivity index (χ1) is 23.4. The summed E-state index contributed by atoms with van der Waals surface area (Å²) < 4.78 is 146. The smallest absolute Gasteiger partial charge is 0.744 e. The molecule has 27 heteroatoms. The Morgan fingerprint density at radius 1 is 0.796 bits per heavy atom. The quantitative estimate of drug-likeness (QED) is 0.0478. The number of rotatable bonds is 10. The zero-order valence-corrected chi connectivity index (χ0v) is 38.4. The number of sulfone groups is 2. The summed E-state index contributed by atoms with van der Waals surface area (Å²) in [6.07, 6.45) is 3.48. The number of Topliss-reactive ketones (excluding diaryl/α,β-unsaturated/α-hetero) is 1. The molecule has 270 valence electrons. The maximum absolute atomic E-state index is 13.4. The summed E-state index contributed by atoms with van der Waals surface area (Å²) in [5.41, 5.74) is 5.73. The Balaban J connectivity index is 0.00000382. The minimum atomic E-state index is -5.27. The third-order valence-corrected chi connectivity index (χ3v) is 10.9. The van der Waals surface area contributed by atoms with Gasteiger partial charge in [-0.3, -0.25) is 5.43 Å². The SMILES string of the molecule is C=CS(=O)(=O)c1ccc(N=Nc2c(S(=O)(=O)[O-])cc3c(c2N)C(=O)C(=NNc2ccc(S(=O)(=O)C=C)cc2S(=O)(=O)[O-])[C-]=C3)c(C)c1.O=S(=O)=O.[Na+].[Na+].[Na+]. The van der Waals surface area contributed by atoms with Gasteiger partial charge in [0, 0.05) is 22.2 Å². The molecule has 0 amide bonds. The van der Waals surface area contributed by atoms with Gasteiger partial charge in [0.2, 0.25) is 0 Å².